The van der Waals surface area contributed by atoms with Crippen LogP contribution in [0.15, 0.2) is 65.5 Å². The number of hydrogen-bond acceptors (Lipinski definition) is 4. The fourth-order valence-corrected chi connectivity index (χ4v) is 3.70. The predicted octanol–water partition coefficient (Wildman–Crippen LogP) is 2.90. The van der Waals surface area contributed by atoms with Crippen molar-refractivity contribution in [1.82, 2.24) is 25.2 Å². The molecular weight excluding hydrogens is 406 g/mol. The summed E-state index contributed by atoms with van der Waals surface area (Å²) in [5.74, 6) is -1.06. The summed E-state index contributed by atoms with van der Waals surface area (Å²) in [5, 5.41) is 4.99. The Morgan fingerprint density at radius 1 is 0.844 bits per heavy atom. The van der Waals surface area contributed by atoms with Gasteiger partial charge in [0.2, 0.25) is 0 Å². The van der Waals surface area contributed by atoms with Crippen LogP contribution in [-0.2, 0) is 6.54 Å². The third-order valence-electron chi connectivity index (χ3n) is 5.33. The molecule has 0 unspecified atom stereocenters. The van der Waals surface area contributed by atoms with Crippen LogP contribution in [0, 0.1) is 13.8 Å². The van der Waals surface area contributed by atoms with Crippen LogP contribution >= 0.6 is 0 Å². The number of carbonyl (C=O) groups is 2. The number of carbonyl (C=O) groups excluding carboxylic acids is 2. The van der Waals surface area contributed by atoms with Crippen molar-refractivity contribution in [3.05, 3.63) is 93.7 Å². The van der Waals surface area contributed by atoms with Gasteiger partial charge < -0.3 is 4.57 Å². The summed E-state index contributed by atoms with van der Waals surface area (Å²) in [5.41, 5.74) is 8.15. The third kappa shape index (κ3) is 3.78. The van der Waals surface area contributed by atoms with Gasteiger partial charge >= 0.3 is 0 Å². The Labute approximate surface area is 184 Å². The molecule has 32 heavy (non-hydrogen) atoms. The highest BCUT2D eigenvalue weighted by Gasteiger charge is 2.17. The standard InChI is InChI=1S/C24H23N5O3/c1-4-28-24(32)20-8-6-5-7-19(20)21(27-28)23(31)26-25-22(30)17-11-13-18(14-12-17)29-15(2)9-10-16(29)3/h5-14H,4H2,1-3H3,(H,25,30)(H,26,31). The molecule has 4 rings (SSSR count). The van der Waals surface area contributed by atoms with Crippen molar-refractivity contribution in [2.75, 3.05) is 0 Å². The van der Waals surface area contributed by atoms with Gasteiger partial charge in [0, 0.05) is 34.6 Å². The number of nitrogens with one attached hydrogen (secondary N) is 2. The van der Waals surface area contributed by atoms with Crippen molar-refractivity contribution in [3.8, 4) is 5.69 Å². The number of nitrogens with zero attached hydrogens (tertiary/aromatic N) is 3. The summed E-state index contributed by atoms with van der Waals surface area (Å²) < 4.78 is 3.31. The zero-order chi connectivity index (χ0) is 22.8. The van der Waals surface area contributed by atoms with Gasteiger partial charge in [-0.3, -0.25) is 25.2 Å². The molecule has 2 N–H and O–H groups in total. The van der Waals surface area contributed by atoms with Crippen molar-refractivity contribution < 1.29 is 9.59 Å². The van der Waals surface area contributed by atoms with Crippen LogP contribution in [0.1, 0.15) is 39.2 Å². The Balaban J connectivity index is 1.52. The van der Waals surface area contributed by atoms with Crippen LogP contribution < -0.4 is 16.4 Å². The van der Waals surface area contributed by atoms with Gasteiger partial charge in [0.1, 0.15) is 0 Å². The van der Waals surface area contributed by atoms with Crippen molar-refractivity contribution in [2.24, 2.45) is 0 Å². The minimum Gasteiger partial charge on any atom is -0.319 e. The molecule has 0 radical (unpaired) electrons. The van der Waals surface area contributed by atoms with Crippen molar-refractivity contribution >= 4 is 22.6 Å². The van der Waals surface area contributed by atoms with Crippen LogP contribution in [-0.4, -0.2) is 26.2 Å². The zero-order valence-corrected chi connectivity index (χ0v) is 18.0. The van der Waals surface area contributed by atoms with Crippen molar-refractivity contribution in [2.45, 2.75) is 27.3 Å². The average Bonchev–Trinajstić information content (AvgIpc) is 3.15. The molecule has 162 valence electrons. The molecule has 2 amide bonds. The first kappa shape index (κ1) is 21.0. The second-order valence-electron chi connectivity index (χ2n) is 7.42. The highest BCUT2D eigenvalue weighted by molar-refractivity contribution is 6.06. The van der Waals surface area contributed by atoms with Gasteiger partial charge in [-0.15, -0.1) is 0 Å². The van der Waals surface area contributed by atoms with Gasteiger partial charge in [-0.05, 0) is 63.2 Å². The van der Waals surface area contributed by atoms with Crippen molar-refractivity contribution in [3.63, 3.8) is 0 Å². The SMILES string of the molecule is CCn1nc(C(=O)NNC(=O)c2ccc(-n3c(C)ccc3C)cc2)c2ccccc2c1=O. The second kappa shape index (κ2) is 8.50. The Morgan fingerprint density at radius 2 is 1.44 bits per heavy atom. The largest absolute Gasteiger partial charge is 0.319 e. The number of benzene rings is 2. The first-order valence-electron chi connectivity index (χ1n) is 10.3. The maximum Gasteiger partial charge on any atom is 0.290 e. The molecule has 0 saturated carbocycles. The Kier molecular flexibility index (Phi) is 5.59. The fraction of sp³-hybridized carbons (Fsp3) is 0.167. The van der Waals surface area contributed by atoms with E-state index in [1.165, 1.54) is 4.68 Å². The van der Waals surface area contributed by atoms with E-state index >= 15 is 0 Å². The number of aryl methyl sites for hydroxylation is 3. The minimum atomic E-state index is -0.605. The Bertz CT molecular complexity index is 1360. The number of aromatic nitrogens is 3. The molecule has 2 aromatic carbocycles. The summed E-state index contributed by atoms with van der Waals surface area (Å²) in [6.07, 6.45) is 0. The maximum absolute atomic E-state index is 12.8. The molecule has 0 fully saturated rings. The molecule has 0 bridgehead atoms. The molecule has 8 heteroatoms. The first-order chi connectivity index (χ1) is 15.4. The fourth-order valence-electron chi connectivity index (χ4n) is 3.70. The quantitative estimate of drug-likeness (QED) is 0.488. The van der Waals surface area contributed by atoms with E-state index in [1.54, 1.807) is 43.3 Å². The van der Waals surface area contributed by atoms with Crippen molar-refractivity contribution in [1.29, 1.82) is 0 Å². The Hall–Kier alpha value is -4.20. The summed E-state index contributed by atoms with van der Waals surface area (Å²) in [7, 11) is 0. The molecule has 8 nitrogen and oxygen atoms in total. The van der Waals surface area contributed by atoms with E-state index < -0.39 is 11.8 Å². The third-order valence-corrected chi connectivity index (χ3v) is 5.33. The van der Waals surface area contributed by atoms with E-state index in [9.17, 15) is 14.4 Å². The molecule has 4 aromatic rings. The predicted molar refractivity (Wildman–Crippen MR) is 122 cm³/mol. The molecule has 0 aliphatic rings. The smallest absolute Gasteiger partial charge is 0.290 e. The second-order valence-corrected chi connectivity index (χ2v) is 7.42. The number of hydrazine groups is 1. The van der Waals surface area contributed by atoms with Gasteiger partial charge in [0.25, 0.3) is 17.4 Å². The molecule has 0 atom stereocenters. The van der Waals surface area contributed by atoms with Crippen LogP contribution in [0.25, 0.3) is 16.5 Å². The highest BCUT2D eigenvalue weighted by atomic mass is 16.2. The van der Waals surface area contributed by atoms with E-state index in [0.717, 1.165) is 17.1 Å². The lowest BCUT2D eigenvalue weighted by molar-refractivity contribution is 0.0843. The van der Waals surface area contributed by atoms with Crippen LogP contribution in [0.2, 0.25) is 0 Å². The van der Waals surface area contributed by atoms with E-state index in [1.807, 2.05) is 38.1 Å². The summed E-state index contributed by atoms with van der Waals surface area (Å²) in [6.45, 7) is 6.13. The van der Waals surface area contributed by atoms with Gasteiger partial charge in [0.05, 0.1) is 5.39 Å². The molecule has 2 aromatic heterocycles. The number of hydrogen-bond donors (Lipinski definition) is 2. The first-order valence-corrected chi connectivity index (χ1v) is 10.3. The lowest BCUT2D eigenvalue weighted by Gasteiger charge is -2.12. The molecule has 2 heterocycles. The minimum absolute atomic E-state index is 0.0660. The maximum atomic E-state index is 12.8. The lowest BCUT2D eigenvalue weighted by Crippen LogP contribution is -2.42. The molecule has 0 spiro atoms. The van der Waals surface area contributed by atoms with Gasteiger partial charge in [-0.25, -0.2) is 4.68 Å². The summed E-state index contributed by atoms with van der Waals surface area (Å²) in [6, 6.07) is 17.9. The zero-order valence-electron chi connectivity index (χ0n) is 18.0. The summed E-state index contributed by atoms with van der Waals surface area (Å²) >= 11 is 0. The van der Waals surface area contributed by atoms with Crippen LogP contribution in [0.3, 0.4) is 0 Å². The van der Waals surface area contributed by atoms with E-state index in [-0.39, 0.29) is 11.3 Å². The average molecular weight is 429 g/mol. The molecule has 0 aliphatic heterocycles. The number of amides is 2. The van der Waals surface area contributed by atoms with Crippen LogP contribution in [0.4, 0.5) is 0 Å². The monoisotopic (exact) mass is 429 g/mol. The molecular formula is C24H23N5O3. The van der Waals surface area contributed by atoms with Crippen LogP contribution in [0.5, 0.6) is 0 Å². The van der Waals surface area contributed by atoms with Gasteiger partial charge in [-0.2, -0.15) is 5.10 Å². The van der Waals surface area contributed by atoms with E-state index in [0.29, 0.717) is 22.9 Å². The number of rotatable bonds is 4. The lowest BCUT2D eigenvalue weighted by atomic mass is 10.1. The molecule has 0 saturated heterocycles. The van der Waals surface area contributed by atoms with Gasteiger partial charge in [-0.1, -0.05) is 18.2 Å². The van der Waals surface area contributed by atoms with E-state index in [4.69, 9.17) is 0 Å². The highest BCUT2D eigenvalue weighted by Crippen LogP contribution is 2.17. The summed E-state index contributed by atoms with van der Waals surface area (Å²) in [4.78, 5) is 37.7. The normalized spacial score (nSPS) is 10.8. The van der Waals surface area contributed by atoms with E-state index in [2.05, 4.69) is 20.5 Å². The number of fused-ring (bicyclic) bond motifs is 1. The van der Waals surface area contributed by atoms with Gasteiger partial charge in [0.15, 0.2) is 5.69 Å². The Morgan fingerprint density at radius 3 is 2.06 bits per heavy atom. The molecule has 0 aliphatic carbocycles. The topological polar surface area (TPSA) is 98.0 Å².